The third-order valence-electron chi connectivity index (χ3n) is 26.9. The number of hydrogen-bond donors (Lipinski definition) is 20. The quantitative estimate of drug-likeness (QED) is 0.0345. The lowest BCUT2D eigenvalue weighted by molar-refractivity contribution is -0.384. The van der Waals surface area contributed by atoms with Gasteiger partial charge in [-0.1, -0.05) is 60.1 Å². The summed E-state index contributed by atoms with van der Waals surface area (Å²) in [6, 6.07) is 0. The molecular weight excluding hydrogens is 1400 g/mol. The highest BCUT2D eigenvalue weighted by Crippen LogP contribution is 2.76. The smallest absolute Gasteiger partial charge is 0.315 e. The topological polar surface area (TPSA) is 551 Å². The molecule has 7 heterocycles. The van der Waals surface area contributed by atoms with Crippen LogP contribution < -0.4 is 0 Å². The van der Waals surface area contributed by atoms with Crippen LogP contribution in [0.4, 0.5) is 0 Å². The minimum Gasteiger partial charge on any atom is -0.432 e. The van der Waals surface area contributed by atoms with Gasteiger partial charge in [-0.05, 0) is 116 Å². The molecule has 0 aromatic heterocycles. The number of hydrogen-bond acceptors (Lipinski definition) is 35. The van der Waals surface area contributed by atoms with Gasteiger partial charge in [-0.3, -0.25) is 4.79 Å². The lowest BCUT2D eigenvalue weighted by Crippen LogP contribution is -2.66. The van der Waals surface area contributed by atoms with Crippen molar-refractivity contribution in [2.45, 2.75) is 328 Å². The molecule has 0 aromatic rings. The summed E-state index contributed by atoms with van der Waals surface area (Å²) in [7, 11) is 0. The Balaban J connectivity index is 0.697. The summed E-state index contributed by atoms with van der Waals surface area (Å²) in [5.74, 6) is -0.702. The standard InChI is InChI=1S/C70H114O35/c1-26-38(74)55(103-60-52(88)47(83)43(79)33(100-60)24-96-59-51(87)46(82)42(78)32(99-59)23-94-57-49(85)39(75)29(72)21-92-57)54(90)62(97-26)104-56-40(76)30(73)22-93-63(56)102-37-12-13-67(6)35(66(37,4)5)11-14-69(8)36(67)10-9-27-28-19-65(2,3)15-17-70(28,18-16-68(27,69)7)64(91)105-61-53(89)48(84)44(80)34(101-61)25-95-58-50(86)45(81)41(77)31(20-71)98-58/h9,26,28-63,71-90H,10-25H2,1-8H3/t26-,28-,29+,30+,31+,32+,33+,34+,35-,36+,37-,38-,39-,40-,41+,42+,43+,44+,45-,46-,47-,48-,49+,50+,51+,52+,53+,54+,55+,56+,57-,58+,59+,60-,61-,62-,63-,67-,68+,69+,70-/m0/s1. The van der Waals surface area contributed by atoms with Crippen molar-refractivity contribution in [1.82, 2.24) is 0 Å². The van der Waals surface area contributed by atoms with Crippen LogP contribution in [0.15, 0.2) is 11.6 Å². The molecule has 35 nitrogen and oxygen atoms in total. The summed E-state index contributed by atoms with van der Waals surface area (Å²) in [5.41, 5.74) is -1.60. The number of carbonyl (C=O) groups is 1. The van der Waals surface area contributed by atoms with E-state index in [1.165, 1.54) is 12.5 Å². The maximum Gasteiger partial charge on any atom is 0.315 e. The van der Waals surface area contributed by atoms with E-state index >= 15 is 4.79 Å². The van der Waals surface area contributed by atoms with Crippen molar-refractivity contribution >= 4 is 5.97 Å². The fraction of sp³-hybridized carbons (Fsp3) is 0.957. The van der Waals surface area contributed by atoms with E-state index in [4.69, 9.17) is 66.3 Å². The number of carbonyl (C=O) groups excluding carboxylic acids is 1. The second kappa shape index (κ2) is 31.3. The lowest BCUT2D eigenvalue weighted by atomic mass is 9.33. The zero-order valence-electron chi connectivity index (χ0n) is 60.3. The van der Waals surface area contributed by atoms with E-state index in [0.717, 1.165) is 12.8 Å². The number of aliphatic hydroxyl groups excluding tert-OH is 20. The monoisotopic (exact) mass is 1510 g/mol. The molecule has 0 spiro atoms. The Morgan fingerprint density at radius 3 is 1.51 bits per heavy atom. The highest BCUT2D eigenvalue weighted by Gasteiger charge is 2.71. The van der Waals surface area contributed by atoms with Gasteiger partial charge in [0, 0.05) is 0 Å². The fourth-order valence-electron chi connectivity index (χ4n) is 20.0. The summed E-state index contributed by atoms with van der Waals surface area (Å²) in [6.45, 7) is 13.7. The minimum atomic E-state index is -2.05. The Hall–Kier alpha value is -2.11. The first kappa shape index (κ1) is 82.4. The number of allylic oxidation sites excluding steroid dienone is 2. The van der Waals surface area contributed by atoms with Crippen LogP contribution in [0.3, 0.4) is 0 Å². The molecule has 5 aliphatic carbocycles. The van der Waals surface area contributed by atoms with Crippen LogP contribution in [0.1, 0.15) is 120 Å². The van der Waals surface area contributed by atoms with E-state index in [0.29, 0.717) is 51.4 Å². The molecule has 12 aliphatic rings. The largest absolute Gasteiger partial charge is 0.432 e. The molecule has 7 saturated heterocycles. The van der Waals surface area contributed by atoms with E-state index in [9.17, 15) is 102 Å². The molecule has 0 amide bonds. The highest BCUT2D eigenvalue weighted by atomic mass is 16.8. The van der Waals surface area contributed by atoms with E-state index in [2.05, 4.69) is 54.5 Å². The van der Waals surface area contributed by atoms with Crippen LogP contribution in [0, 0.1) is 50.2 Å². The van der Waals surface area contributed by atoms with E-state index in [-0.39, 0.29) is 40.6 Å². The molecule has 0 aromatic carbocycles. The molecule has 0 bridgehead atoms. The maximum absolute atomic E-state index is 15.2. The number of fused-ring (bicyclic) bond motifs is 7. The Morgan fingerprint density at radius 1 is 0.448 bits per heavy atom. The number of ether oxygens (including phenoxy) is 14. The Morgan fingerprint density at radius 2 is 0.924 bits per heavy atom. The molecule has 20 N–H and O–H groups in total. The van der Waals surface area contributed by atoms with Crippen molar-refractivity contribution in [2.75, 3.05) is 39.6 Å². The van der Waals surface area contributed by atoms with E-state index < -0.39 is 264 Å². The first-order valence-electron chi connectivity index (χ1n) is 37.0. The first-order chi connectivity index (χ1) is 49.2. The third kappa shape index (κ3) is 14.8. The molecule has 0 unspecified atom stereocenters. The normalized spacial score (nSPS) is 54.2. The summed E-state index contributed by atoms with van der Waals surface area (Å²) in [4.78, 5) is 15.2. The predicted molar refractivity (Wildman–Crippen MR) is 347 cm³/mol. The summed E-state index contributed by atoms with van der Waals surface area (Å²) in [6.07, 6.45) is -47.9. The zero-order valence-corrected chi connectivity index (χ0v) is 60.3. The van der Waals surface area contributed by atoms with Crippen LogP contribution >= 0.6 is 0 Å². The van der Waals surface area contributed by atoms with Gasteiger partial charge in [-0.15, -0.1) is 0 Å². The fourth-order valence-corrected chi connectivity index (χ4v) is 20.0. The van der Waals surface area contributed by atoms with Gasteiger partial charge in [0.25, 0.3) is 0 Å². The van der Waals surface area contributed by atoms with Gasteiger partial charge >= 0.3 is 5.97 Å². The number of rotatable bonds is 18. The molecule has 7 aliphatic heterocycles. The summed E-state index contributed by atoms with van der Waals surface area (Å²) < 4.78 is 82.7. The second-order valence-corrected chi connectivity index (χ2v) is 33.9. The molecule has 12 rings (SSSR count). The number of aliphatic hydroxyl groups is 20. The predicted octanol–water partition coefficient (Wildman–Crippen LogP) is -6.26. The SMILES string of the molecule is C[C@@H]1O[C@@H](O[C@H]2[C@H](O[C@H]3CC[C@]4(C)[C@H]5CC=C6[C@@H]7CC(C)(C)CC[C@]7(C(=O)O[C@@H]7O[C@H](CO[C@@H]8O[C@H](CO)[C@@H](O)[C@H](O)[C@H]8O)[C@@H](O)[C@H](O)[C@H]7O)CC[C@@]6(C)[C@]5(C)CC[C@H]4C3(C)C)OC[C@@H](O)[C@@H]2O)[C@H](O)[C@H](O[C@@H]2O[C@H](CO[C@@H]3O[C@H](CO[C@@H]4OC[C@@H](O)[C@H](O)[C@H]4O)[C@@H](O)[C@H](O)[C@H]3O)[C@@H](O)[C@H](O)[C@H]2O)[C@H]1O. The van der Waals surface area contributed by atoms with Crippen molar-refractivity contribution in [1.29, 1.82) is 0 Å². The van der Waals surface area contributed by atoms with Crippen LogP contribution in [0.5, 0.6) is 0 Å². The average molecular weight is 1520 g/mol. The van der Waals surface area contributed by atoms with Crippen LogP contribution in [0.2, 0.25) is 0 Å². The molecule has 11 fully saturated rings. The van der Waals surface area contributed by atoms with Gasteiger partial charge in [0.2, 0.25) is 6.29 Å². The number of esters is 1. The van der Waals surface area contributed by atoms with Crippen LogP contribution in [-0.2, 0) is 71.1 Å². The second-order valence-electron chi connectivity index (χ2n) is 33.9. The van der Waals surface area contributed by atoms with Crippen molar-refractivity contribution in [3.63, 3.8) is 0 Å². The van der Waals surface area contributed by atoms with Gasteiger partial charge in [-0.25, -0.2) is 0 Å². The average Bonchev–Trinajstić information content (AvgIpc) is 0.676. The van der Waals surface area contributed by atoms with E-state index in [1.807, 2.05) is 0 Å². The molecule has 0 radical (unpaired) electrons. The van der Waals surface area contributed by atoms with Gasteiger partial charge in [-0.2, -0.15) is 0 Å². The van der Waals surface area contributed by atoms with Gasteiger partial charge in [0.1, 0.15) is 153 Å². The molecule has 35 heteroatoms. The maximum atomic E-state index is 15.2. The van der Waals surface area contributed by atoms with Crippen molar-refractivity contribution in [3.8, 4) is 0 Å². The molecule has 4 saturated carbocycles. The van der Waals surface area contributed by atoms with E-state index in [1.54, 1.807) is 0 Å². The summed E-state index contributed by atoms with van der Waals surface area (Å²) in [5, 5.41) is 217. The molecule has 105 heavy (non-hydrogen) atoms. The van der Waals surface area contributed by atoms with Crippen molar-refractivity contribution in [3.05, 3.63) is 11.6 Å². The molecular formula is C70H114O35. The zero-order chi connectivity index (χ0) is 76.4. The van der Waals surface area contributed by atoms with Gasteiger partial charge in [0.05, 0.1) is 57.3 Å². The third-order valence-corrected chi connectivity index (χ3v) is 26.9. The lowest BCUT2D eigenvalue weighted by Gasteiger charge is -2.71. The minimum absolute atomic E-state index is 0.0547. The Kier molecular flexibility index (Phi) is 24.6. The Labute approximate surface area is 607 Å². The van der Waals surface area contributed by atoms with Crippen LogP contribution in [0.25, 0.3) is 0 Å². The molecule has 41 atom stereocenters. The first-order valence-corrected chi connectivity index (χ1v) is 37.0. The van der Waals surface area contributed by atoms with Crippen molar-refractivity contribution in [2.24, 2.45) is 50.2 Å². The van der Waals surface area contributed by atoms with Crippen LogP contribution in [-0.4, -0.2) is 357 Å². The summed E-state index contributed by atoms with van der Waals surface area (Å²) >= 11 is 0. The molecule has 604 valence electrons. The van der Waals surface area contributed by atoms with Gasteiger partial charge < -0.3 is 168 Å². The van der Waals surface area contributed by atoms with Crippen molar-refractivity contribution < 1.29 is 173 Å². The van der Waals surface area contributed by atoms with Gasteiger partial charge in [0.15, 0.2) is 37.7 Å². The highest BCUT2D eigenvalue weighted by molar-refractivity contribution is 5.79. The Bertz CT molecular complexity index is 2970.